The molecule has 5 aromatic rings. The Bertz CT molecular complexity index is 1660. The van der Waals surface area contributed by atoms with Crippen LogP contribution in [0.3, 0.4) is 0 Å². The van der Waals surface area contributed by atoms with Crippen molar-refractivity contribution < 1.29 is 0 Å². The summed E-state index contributed by atoms with van der Waals surface area (Å²) in [6.07, 6.45) is 0. The predicted molar refractivity (Wildman–Crippen MR) is 170 cm³/mol. The highest BCUT2D eigenvalue weighted by molar-refractivity contribution is 5.88. The third-order valence-electron chi connectivity index (χ3n) is 9.47. The van der Waals surface area contributed by atoms with Crippen LogP contribution in [0, 0.1) is 0 Å². The number of anilines is 3. The summed E-state index contributed by atoms with van der Waals surface area (Å²) in [6, 6.07) is 41.0. The zero-order chi connectivity index (χ0) is 27.8. The Morgan fingerprint density at radius 1 is 0.450 bits per heavy atom. The van der Waals surface area contributed by atoms with Gasteiger partial charge in [0.2, 0.25) is 0 Å². The van der Waals surface area contributed by atoms with Gasteiger partial charge in [0.25, 0.3) is 0 Å². The first-order chi connectivity index (χ1) is 19.2. The molecule has 0 radical (unpaired) electrons. The van der Waals surface area contributed by atoms with Crippen LogP contribution >= 0.6 is 0 Å². The van der Waals surface area contributed by atoms with E-state index < -0.39 is 0 Å². The largest absolute Gasteiger partial charge is 0.310 e. The molecule has 2 aliphatic carbocycles. The molecule has 0 aromatic heterocycles. The van der Waals surface area contributed by atoms with E-state index in [1.807, 2.05) is 0 Å². The molecule has 0 fully saturated rings. The van der Waals surface area contributed by atoms with Gasteiger partial charge in [-0.25, -0.2) is 0 Å². The van der Waals surface area contributed by atoms with Crippen LogP contribution in [0.25, 0.3) is 22.3 Å². The highest BCUT2D eigenvalue weighted by Gasteiger charge is 2.37. The second kappa shape index (κ2) is 8.70. The number of fused-ring (bicyclic) bond motifs is 6. The molecule has 0 bridgehead atoms. The van der Waals surface area contributed by atoms with Crippen LogP contribution in [0.5, 0.6) is 0 Å². The van der Waals surface area contributed by atoms with Crippen LogP contribution in [0.2, 0.25) is 0 Å². The molecule has 40 heavy (non-hydrogen) atoms. The molecule has 0 N–H and O–H groups in total. The molecule has 5 aromatic carbocycles. The summed E-state index contributed by atoms with van der Waals surface area (Å²) >= 11 is 0. The standard InChI is InChI=1S/C39H37N/c1-25(2)26-15-17-27(18-16-26)40(28-19-21-32-30-11-7-9-13-34(30)38(3,4)36(32)23-28)29-20-22-33-31-12-8-10-14-35(31)39(5,6)37(33)24-29/h7-25H,1-6H3. The highest BCUT2D eigenvalue weighted by Crippen LogP contribution is 2.52. The van der Waals surface area contributed by atoms with Crippen molar-refractivity contribution >= 4 is 17.1 Å². The summed E-state index contributed by atoms with van der Waals surface area (Å²) in [7, 11) is 0. The van der Waals surface area contributed by atoms with E-state index in [1.54, 1.807) is 0 Å². The molecule has 7 rings (SSSR count). The zero-order valence-electron chi connectivity index (χ0n) is 24.4. The van der Waals surface area contributed by atoms with E-state index in [1.165, 1.54) is 67.1 Å². The number of benzene rings is 5. The van der Waals surface area contributed by atoms with Crippen LogP contribution in [0.4, 0.5) is 17.1 Å². The molecule has 1 heteroatoms. The predicted octanol–water partition coefficient (Wildman–Crippen LogP) is 10.9. The van der Waals surface area contributed by atoms with Crippen molar-refractivity contribution in [1.29, 1.82) is 0 Å². The lowest BCUT2D eigenvalue weighted by atomic mass is 9.82. The summed E-state index contributed by atoms with van der Waals surface area (Å²) in [5.74, 6) is 0.501. The van der Waals surface area contributed by atoms with E-state index in [0.717, 1.165) is 0 Å². The fraction of sp³-hybridized carbons (Fsp3) is 0.231. The Kier molecular flexibility index (Phi) is 5.42. The van der Waals surface area contributed by atoms with Gasteiger partial charge in [-0.2, -0.15) is 0 Å². The molecule has 1 nitrogen and oxygen atoms in total. The van der Waals surface area contributed by atoms with E-state index in [0.29, 0.717) is 5.92 Å². The van der Waals surface area contributed by atoms with E-state index in [9.17, 15) is 0 Å². The number of hydrogen-bond acceptors (Lipinski definition) is 1. The summed E-state index contributed by atoms with van der Waals surface area (Å²) in [5, 5.41) is 0. The van der Waals surface area contributed by atoms with Crippen molar-refractivity contribution in [2.24, 2.45) is 0 Å². The average Bonchev–Trinajstić information content (AvgIpc) is 3.33. The van der Waals surface area contributed by atoms with E-state index in [4.69, 9.17) is 0 Å². The second-order valence-corrected chi connectivity index (χ2v) is 12.9. The second-order valence-electron chi connectivity index (χ2n) is 12.9. The lowest BCUT2D eigenvalue weighted by Crippen LogP contribution is -2.18. The van der Waals surface area contributed by atoms with Crippen molar-refractivity contribution in [2.75, 3.05) is 4.90 Å². The van der Waals surface area contributed by atoms with E-state index >= 15 is 0 Å². The Labute approximate surface area is 239 Å². The van der Waals surface area contributed by atoms with Crippen LogP contribution in [0.1, 0.15) is 75.3 Å². The monoisotopic (exact) mass is 519 g/mol. The van der Waals surface area contributed by atoms with Gasteiger partial charge in [0, 0.05) is 27.9 Å². The Balaban J connectivity index is 1.41. The first-order valence-electron chi connectivity index (χ1n) is 14.6. The normalized spacial score (nSPS) is 15.4. The minimum Gasteiger partial charge on any atom is -0.310 e. The van der Waals surface area contributed by atoms with Gasteiger partial charge in [-0.05, 0) is 92.4 Å². The van der Waals surface area contributed by atoms with Gasteiger partial charge < -0.3 is 4.90 Å². The minimum absolute atomic E-state index is 0.0450. The lowest BCUT2D eigenvalue weighted by molar-refractivity contribution is 0.660. The first-order valence-corrected chi connectivity index (χ1v) is 14.6. The smallest absolute Gasteiger partial charge is 0.0465 e. The number of hydrogen-bond donors (Lipinski definition) is 0. The lowest BCUT2D eigenvalue weighted by Gasteiger charge is -2.30. The van der Waals surface area contributed by atoms with Crippen molar-refractivity contribution in [1.82, 2.24) is 0 Å². The molecule has 0 saturated carbocycles. The third kappa shape index (κ3) is 3.53. The molecule has 0 atom stereocenters. The van der Waals surface area contributed by atoms with Gasteiger partial charge in [0.15, 0.2) is 0 Å². The molecule has 198 valence electrons. The summed E-state index contributed by atoms with van der Waals surface area (Å²) in [5.41, 5.74) is 15.9. The molecular weight excluding hydrogens is 482 g/mol. The Morgan fingerprint density at radius 2 is 0.850 bits per heavy atom. The molecule has 2 aliphatic rings. The van der Waals surface area contributed by atoms with Gasteiger partial charge in [0.05, 0.1) is 0 Å². The number of nitrogens with zero attached hydrogens (tertiary/aromatic N) is 1. The van der Waals surface area contributed by atoms with Crippen LogP contribution < -0.4 is 4.90 Å². The third-order valence-corrected chi connectivity index (χ3v) is 9.47. The van der Waals surface area contributed by atoms with Crippen molar-refractivity contribution in [3.63, 3.8) is 0 Å². The molecule has 0 aliphatic heterocycles. The van der Waals surface area contributed by atoms with Gasteiger partial charge >= 0.3 is 0 Å². The van der Waals surface area contributed by atoms with E-state index in [-0.39, 0.29) is 10.8 Å². The van der Waals surface area contributed by atoms with Crippen molar-refractivity contribution in [2.45, 2.75) is 58.3 Å². The molecule has 0 spiro atoms. The minimum atomic E-state index is -0.0450. The molecule has 0 unspecified atom stereocenters. The number of rotatable bonds is 4. The van der Waals surface area contributed by atoms with Gasteiger partial charge in [0.1, 0.15) is 0 Å². The average molecular weight is 520 g/mol. The maximum atomic E-state index is 2.45. The zero-order valence-corrected chi connectivity index (χ0v) is 24.4. The summed E-state index contributed by atoms with van der Waals surface area (Å²) in [4.78, 5) is 2.45. The maximum absolute atomic E-state index is 2.45. The quantitative estimate of drug-likeness (QED) is 0.228. The fourth-order valence-electron chi connectivity index (χ4n) is 7.12. The van der Waals surface area contributed by atoms with Crippen LogP contribution in [-0.2, 0) is 10.8 Å². The van der Waals surface area contributed by atoms with Gasteiger partial charge in [-0.1, -0.05) is 114 Å². The Morgan fingerprint density at radius 3 is 1.30 bits per heavy atom. The first kappa shape index (κ1) is 24.9. The van der Waals surface area contributed by atoms with Crippen molar-refractivity contribution in [3.05, 3.63) is 137 Å². The highest BCUT2D eigenvalue weighted by atomic mass is 15.1. The van der Waals surface area contributed by atoms with Gasteiger partial charge in [-0.3, -0.25) is 0 Å². The molecule has 0 amide bonds. The van der Waals surface area contributed by atoms with Gasteiger partial charge in [-0.15, -0.1) is 0 Å². The SMILES string of the molecule is CC(C)c1ccc(N(c2ccc3c(c2)C(C)(C)c2ccccc2-3)c2ccc3c(c2)C(C)(C)c2ccccc2-3)cc1. The molecule has 0 heterocycles. The maximum Gasteiger partial charge on any atom is 0.0465 e. The Hall–Kier alpha value is -4.10. The van der Waals surface area contributed by atoms with Crippen LogP contribution in [0.15, 0.2) is 109 Å². The molecule has 0 saturated heterocycles. The summed E-state index contributed by atoms with van der Waals surface area (Å²) < 4.78 is 0. The fourth-order valence-corrected chi connectivity index (χ4v) is 7.12. The van der Waals surface area contributed by atoms with Crippen molar-refractivity contribution in [3.8, 4) is 22.3 Å². The van der Waals surface area contributed by atoms with Crippen LogP contribution in [-0.4, -0.2) is 0 Å². The summed E-state index contributed by atoms with van der Waals surface area (Å²) in [6.45, 7) is 14.0. The van der Waals surface area contributed by atoms with E-state index in [2.05, 4.69) is 156 Å². The topological polar surface area (TPSA) is 3.24 Å². The molecular formula is C39H37N.